The molecule has 0 saturated heterocycles. The van der Waals surface area contributed by atoms with E-state index in [1.165, 1.54) is 11.8 Å². The van der Waals surface area contributed by atoms with Gasteiger partial charge in [0.2, 0.25) is 5.91 Å². The van der Waals surface area contributed by atoms with Gasteiger partial charge >= 0.3 is 0 Å². The quantitative estimate of drug-likeness (QED) is 0.356. The molecule has 0 aliphatic heterocycles. The summed E-state index contributed by atoms with van der Waals surface area (Å²) in [7, 11) is 0. The zero-order chi connectivity index (χ0) is 24.1. The van der Waals surface area contributed by atoms with E-state index in [-0.39, 0.29) is 23.3 Å². The van der Waals surface area contributed by atoms with Crippen LogP contribution in [0.2, 0.25) is 0 Å². The predicted molar refractivity (Wildman–Crippen MR) is 135 cm³/mol. The topological polar surface area (TPSA) is 85.1 Å². The maximum atomic E-state index is 13.3. The summed E-state index contributed by atoms with van der Waals surface area (Å²) in [5, 5.41) is 8.30. The first-order valence-corrected chi connectivity index (χ1v) is 12.4. The summed E-state index contributed by atoms with van der Waals surface area (Å²) in [6.07, 6.45) is 1.67. The van der Waals surface area contributed by atoms with Crippen molar-refractivity contribution in [3.8, 4) is 0 Å². The van der Waals surface area contributed by atoms with Crippen LogP contribution in [-0.4, -0.2) is 54.5 Å². The van der Waals surface area contributed by atoms with Crippen LogP contribution >= 0.6 is 11.8 Å². The highest BCUT2D eigenvalue weighted by Crippen LogP contribution is 2.20. The van der Waals surface area contributed by atoms with Crippen molar-refractivity contribution in [1.82, 2.24) is 24.2 Å². The van der Waals surface area contributed by atoms with Gasteiger partial charge in [-0.05, 0) is 53.7 Å². The molecular weight excluding hydrogens is 436 g/mol. The lowest BCUT2D eigenvalue weighted by molar-refractivity contribution is -0.113. The molecule has 3 rings (SSSR count). The van der Waals surface area contributed by atoms with Crippen molar-refractivity contribution < 1.29 is 4.79 Å². The van der Waals surface area contributed by atoms with Crippen LogP contribution in [0.5, 0.6) is 0 Å². The molecule has 3 aromatic rings. The van der Waals surface area contributed by atoms with Gasteiger partial charge in [-0.3, -0.25) is 19.1 Å². The van der Waals surface area contributed by atoms with Crippen molar-refractivity contribution in [3.63, 3.8) is 0 Å². The number of carbonyl (C=O) groups is 1. The van der Waals surface area contributed by atoms with Gasteiger partial charge in [0, 0.05) is 37.3 Å². The largest absolute Gasteiger partial charge is 0.310 e. The van der Waals surface area contributed by atoms with Crippen molar-refractivity contribution >= 4 is 34.4 Å². The summed E-state index contributed by atoms with van der Waals surface area (Å²) < 4.78 is 3.47. The lowest BCUT2D eigenvalue weighted by Gasteiger charge is -2.30. The number of amides is 1. The Balaban J connectivity index is 1.83. The Morgan fingerprint density at radius 3 is 2.45 bits per heavy atom. The summed E-state index contributed by atoms with van der Waals surface area (Å²) in [5.74, 6) is 0.637. The molecule has 0 bridgehead atoms. The number of rotatable bonds is 10. The highest BCUT2D eigenvalue weighted by molar-refractivity contribution is 7.99. The van der Waals surface area contributed by atoms with E-state index in [0.717, 1.165) is 6.54 Å². The third kappa shape index (κ3) is 6.03. The standard InChI is InChI=1S/C24H34N6O2S/c1-16(2)28(17(3)4)13-14-29-23(32)19-9-7-8-10-20(19)26-24(29)33-15-22(31)27-21-11-12-25-30(21)18(5)6/h7-12,16-18H,13-15H2,1-6H3,(H,27,31). The third-order valence-corrected chi connectivity index (χ3v) is 6.47. The van der Waals surface area contributed by atoms with Crippen LogP contribution < -0.4 is 10.9 Å². The minimum Gasteiger partial charge on any atom is -0.310 e. The Morgan fingerprint density at radius 1 is 1.09 bits per heavy atom. The molecule has 0 aliphatic rings. The molecular formula is C24H34N6O2S. The maximum absolute atomic E-state index is 13.3. The number of hydrogen-bond acceptors (Lipinski definition) is 6. The molecule has 0 aliphatic carbocycles. The van der Waals surface area contributed by atoms with Crippen LogP contribution in [0.4, 0.5) is 5.82 Å². The molecule has 2 aromatic heterocycles. The number of para-hydroxylation sites is 1. The van der Waals surface area contributed by atoms with Gasteiger partial charge in [-0.15, -0.1) is 0 Å². The number of hydrogen-bond donors (Lipinski definition) is 1. The van der Waals surface area contributed by atoms with E-state index in [2.05, 4.69) is 43.0 Å². The van der Waals surface area contributed by atoms with Gasteiger partial charge in [-0.2, -0.15) is 5.10 Å². The summed E-state index contributed by atoms with van der Waals surface area (Å²) in [6.45, 7) is 13.9. The number of fused-ring (bicyclic) bond motifs is 1. The van der Waals surface area contributed by atoms with Crippen LogP contribution in [-0.2, 0) is 11.3 Å². The second-order valence-corrected chi connectivity index (χ2v) is 9.83. The number of carbonyl (C=O) groups excluding carboxylic acids is 1. The molecule has 0 radical (unpaired) electrons. The smallest absolute Gasteiger partial charge is 0.262 e. The van der Waals surface area contributed by atoms with Crippen LogP contribution in [0.15, 0.2) is 46.5 Å². The van der Waals surface area contributed by atoms with Gasteiger partial charge in [-0.1, -0.05) is 23.9 Å². The first-order valence-electron chi connectivity index (χ1n) is 11.4. The van der Waals surface area contributed by atoms with Crippen LogP contribution in [0.3, 0.4) is 0 Å². The van der Waals surface area contributed by atoms with Crippen molar-refractivity contribution in [3.05, 3.63) is 46.9 Å². The lowest BCUT2D eigenvalue weighted by Crippen LogP contribution is -2.40. The molecule has 1 aromatic carbocycles. The van der Waals surface area contributed by atoms with E-state index in [9.17, 15) is 9.59 Å². The Labute approximate surface area is 199 Å². The highest BCUT2D eigenvalue weighted by atomic mass is 32.2. The van der Waals surface area contributed by atoms with Crippen molar-refractivity contribution in [2.45, 2.75) is 71.4 Å². The molecule has 178 valence electrons. The van der Waals surface area contributed by atoms with Gasteiger partial charge < -0.3 is 5.32 Å². The molecule has 0 atom stereocenters. The first-order chi connectivity index (χ1) is 15.7. The van der Waals surface area contributed by atoms with E-state index in [4.69, 9.17) is 4.98 Å². The highest BCUT2D eigenvalue weighted by Gasteiger charge is 2.18. The van der Waals surface area contributed by atoms with E-state index < -0.39 is 0 Å². The van der Waals surface area contributed by atoms with Gasteiger partial charge in [0.15, 0.2) is 5.16 Å². The molecule has 0 spiro atoms. The molecule has 33 heavy (non-hydrogen) atoms. The second-order valence-electron chi connectivity index (χ2n) is 8.89. The number of nitrogens with one attached hydrogen (secondary N) is 1. The molecule has 0 saturated carbocycles. The molecule has 0 unspecified atom stereocenters. The van der Waals surface area contributed by atoms with E-state index >= 15 is 0 Å². The van der Waals surface area contributed by atoms with E-state index in [1.54, 1.807) is 27.6 Å². The monoisotopic (exact) mass is 470 g/mol. The molecule has 2 heterocycles. The number of anilines is 1. The summed E-state index contributed by atoms with van der Waals surface area (Å²) in [4.78, 5) is 33.0. The number of benzene rings is 1. The SMILES string of the molecule is CC(C)N(CCn1c(SCC(=O)Nc2ccnn2C(C)C)nc2ccccc2c1=O)C(C)C. The Kier molecular flexibility index (Phi) is 8.31. The number of nitrogens with zero attached hydrogens (tertiary/aromatic N) is 5. The number of aromatic nitrogens is 4. The van der Waals surface area contributed by atoms with E-state index in [1.807, 2.05) is 32.0 Å². The Bertz CT molecular complexity index is 1140. The zero-order valence-corrected chi connectivity index (χ0v) is 21.1. The minimum atomic E-state index is -0.164. The van der Waals surface area contributed by atoms with Gasteiger partial charge in [0.25, 0.3) is 5.56 Å². The first kappa shape index (κ1) is 25.0. The Hall–Kier alpha value is -2.65. The van der Waals surface area contributed by atoms with Crippen LogP contribution in [0.25, 0.3) is 10.9 Å². The fraction of sp³-hybridized carbons (Fsp3) is 0.500. The Morgan fingerprint density at radius 2 is 1.79 bits per heavy atom. The minimum absolute atomic E-state index is 0.0751. The lowest BCUT2D eigenvalue weighted by atomic mass is 10.2. The maximum Gasteiger partial charge on any atom is 0.262 e. The normalized spacial score (nSPS) is 11.9. The fourth-order valence-electron chi connectivity index (χ4n) is 3.92. The average Bonchev–Trinajstić information content (AvgIpc) is 3.22. The summed E-state index contributed by atoms with van der Waals surface area (Å²) in [5.41, 5.74) is 0.568. The van der Waals surface area contributed by atoms with E-state index in [0.29, 0.717) is 40.5 Å². The van der Waals surface area contributed by atoms with Crippen molar-refractivity contribution in [2.75, 3.05) is 17.6 Å². The van der Waals surface area contributed by atoms with Crippen molar-refractivity contribution in [2.24, 2.45) is 0 Å². The third-order valence-electron chi connectivity index (χ3n) is 5.49. The number of thioether (sulfide) groups is 1. The zero-order valence-electron chi connectivity index (χ0n) is 20.3. The molecule has 1 N–H and O–H groups in total. The molecule has 1 amide bonds. The molecule has 9 heteroatoms. The van der Waals surface area contributed by atoms with Gasteiger partial charge in [0.05, 0.1) is 22.9 Å². The predicted octanol–water partition coefficient (Wildman–Crippen LogP) is 4.02. The van der Waals surface area contributed by atoms with Gasteiger partial charge in [-0.25, -0.2) is 9.67 Å². The van der Waals surface area contributed by atoms with Gasteiger partial charge in [0.1, 0.15) is 5.82 Å². The van der Waals surface area contributed by atoms with Crippen LogP contribution in [0, 0.1) is 0 Å². The molecule has 8 nitrogen and oxygen atoms in total. The summed E-state index contributed by atoms with van der Waals surface area (Å²) >= 11 is 1.28. The fourth-order valence-corrected chi connectivity index (χ4v) is 4.74. The van der Waals surface area contributed by atoms with Crippen molar-refractivity contribution in [1.29, 1.82) is 0 Å². The summed E-state index contributed by atoms with van der Waals surface area (Å²) in [6, 6.07) is 10.00. The second kappa shape index (κ2) is 11.0. The van der Waals surface area contributed by atoms with Crippen LogP contribution in [0.1, 0.15) is 47.6 Å². The molecule has 0 fully saturated rings. The average molecular weight is 471 g/mol.